The number of aromatic amines is 1. The maximum Gasteiger partial charge on any atom is 0.267 e. The van der Waals surface area contributed by atoms with Gasteiger partial charge in [0.2, 0.25) is 5.78 Å². The van der Waals surface area contributed by atoms with Gasteiger partial charge in [-0.1, -0.05) is 42.5 Å². The van der Waals surface area contributed by atoms with E-state index in [2.05, 4.69) is 4.98 Å². The van der Waals surface area contributed by atoms with E-state index in [0.717, 1.165) is 16.5 Å². The number of carbonyl (C=O) groups excluding carboxylic acids is 2. The minimum atomic E-state index is -0.608. The van der Waals surface area contributed by atoms with Crippen LogP contribution < -0.4 is 5.48 Å². The van der Waals surface area contributed by atoms with Crippen LogP contribution in [0.5, 0.6) is 0 Å². The molecule has 5 nitrogen and oxygen atoms in total. The number of amides is 1. The molecule has 3 N–H and O–H groups in total. The molecule has 1 aromatic heterocycles. The number of aromatic nitrogens is 1. The van der Waals surface area contributed by atoms with Crippen molar-refractivity contribution in [1.29, 1.82) is 0 Å². The van der Waals surface area contributed by atoms with Gasteiger partial charge in [-0.2, -0.15) is 0 Å². The van der Waals surface area contributed by atoms with Crippen LogP contribution in [-0.2, 0) is 4.79 Å². The fourth-order valence-electron chi connectivity index (χ4n) is 2.31. The molecule has 1 amide bonds. The molecule has 0 unspecified atom stereocenters. The molecule has 0 spiro atoms. The Labute approximate surface area is 132 Å². The molecule has 0 saturated heterocycles. The molecule has 0 aliphatic heterocycles. The number of hydrogen-bond donors (Lipinski definition) is 3. The summed E-state index contributed by atoms with van der Waals surface area (Å²) < 4.78 is 0. The summed E-state index contributed by atoms with van der Waals surface area (Å²) in [5, 5.41) is 9.41. The van der Waals surface area contributed by atoms with Gasteiger partial charge in [0.25, 0.3) is 5.91 Å². The van der Waals surface area contributed by atoms with Crippen LogP contribution in [0.1, 0.15) is 21.6 Å². The summed E-state index contributed by atoms with van der Waals surface area (Å²) >= 11 is 0. The van der Waals surface area contributed by atoms with Crippen molar-refractivity contribution in [2.75, 3.05) is 0 Å². The van der Waals surface area contributed by atoms with Crippen LogP contribution in [0.2, 0.25) is 0 Å². The first-order chi connectivity index (χ1) is 11.2. The highest BCUT2D eigenvalue weighted by molar-refractivity contribution is 6.10. The predicted molar refractivity (Wildman–Crippen MR) is 87.1 cm³/mol. The van der Waals surface area contributed by atoms with Crippen LogP contribution in [0.25, 0.3) is 17.0 Å². The van der Waals surface area contributed by atoms with E-state index in [9.17, 15) is 9.59 Å². The molecule has 0 fully saturated rings. The summed E-state index contributed by atoms with van der Waals surface area (Å²) in [6.45, 7) is 0. The van der Waals surface area contributed by atoms with Crippen molar-refractivity contribution in [3.63, 3.8) is 0 Å². The van der Waals surface area contributed by atoms with E-state index in [1.807, 2.05) is 30.3 Å². The third-order valence-corrected chi connectivity index (χ3v) is 3.48. The number of fused-ring (bicyclic) bond motifs is 1. The van der Waals surface area contributed by atoms with Crippen molar-refractivity contribution in [3.05, 3.63) is 77.5 Å². The number of hydroxylamine groups is 1. The van der Waals surface area contributed by atoms with Crippen molar-refractivity contribution in [2.24, 2.45) is 0 Å². The smallest absolute Gasteiger partial charge is 0.267 e. The molecule has 0 saturated carbocycles. The molecule has 3 aromatic rings. The van der Waals surface area contributed by atoms with Crippen LogP contribution in [0.15, 0.2) is 60.7 Å². The molecule has 0 radical (unpaired) electrons. The SMILES string of the molecule is O=C(/C=C/c1ccc(C(=O)c2cc3ccccc3[nH]2)cc1)NO. The highest BCUT2D eigenvalue weighted by atomic mass is 16.5. The largest absolute Gasteiger partial charge is 0.352 e. The van der Waals surface area contributed by atoms with Crippen LogP contribution in [0.3, 0.4) is 0 Å². The number of benzene rings is 2. The van der Waals surface area contributed by atoms with Gasteiger partial charge in [0.1, 0.15) is 0 Å². The van der Waals surface area contributed by atoms with Crippen molar-refractivity contribution >= 4 is 28.7 Å². The monoisotopic (exact) mass is 306 g/mol. The standard InChI is InChI=1S/C18H14N2O3/c21-17(20-23)10-7-12-5-8-13(9-6-12)18(22)16-11-14-3-1-2-4-15(14)19-16/h1-11,19,23H,(H,20,21)/b10-7+. The molecule has 0 atom stereocenters. The van der Waals surface area contributed by atoms with Gasteiger partial charge in [0.15, 0.2) is 0 Å². The van der Waals surface area contributed by atoms with Gasteiger partial charge >= 0.3 is 0 Å². The van der Waals surface area contributed by atoms with E-state index in [1.165, 1.54) is 11.6 Å². The highest BCUT2D eigenvalue weighted by Crippen LogP contribution is 2.18. The summed E-state index contributed by atoms with van der Waals surface area (Å²) in [5.74, 6) is -0.701. The van der Waals surface area contributed by atoms with E-state index in [1.54, 1.807) is 30.3 Å². The lowest BCUT2D eigenvalue weighted by Gasteiger charge is -1.99. The quantitative estimate of drug-likeness (QED) is 0.300. The lowest BCUT2D eigenvalue weighted by molar-refractivity contribution is -0.124. The average molecular weight is 306 g/mol. The van der Waals surface area contributed by atoms with Crippen LogP contribution >= 0.6 is 0 Å². The molecule has 23 heavy (non-hydrogen) atoms. The van der Waals surface area contributed by atoms with Crippen molar-refractivity contribution in [3.8, 4) is 0 Å². The fourth-order valence-corrected chi connectivity index (χ4v) is 2.31. The third kappa shape index (κ3) is 3.20. The summed E-state index contributed by atoms with van der Waals surface area (Å²) in [5.41, 5.74) is 4.28. The minimum Gasteiger partial charge on any atom is -0.352 e. The Morgan fingerprint density at radius 2 is 1.78 bits per heavy atom. The zero-order chi connectivity index (χ0) is 16.2. The van der Waals surface area contributed by atoms with Gasteiger partial charge in [0, 0.05) is 22.5 Å². The molecule has 0 aliphatic carbocycles. The maximum atomic E-state index is 12.5. The number of ketones is 1. The number of carbonyl (C=O) groups is 2. The van der Waals surface area contributed by atoms with Gasteiger partial charge in [-0.3, -0.25) is 14.8 Å². The van der Waals surface area contributed by atoms with Crippen LogP contribution in [0, 0.1) is 0 Å². The topological polar surface area (TPSA) is 82.2 Å². The summed E-state index contributed by atoms with van der Waals surface area (Å²) in [6, 6.07) is 16.4. The number of rotatable bonds is 4. The summed E-state index contributed by atoms with van der Waals surface area (Å²) in [7, 11) is 0. The molecule has 1 heterocycles. The van der Waals surface area contributed by atoms with E-state index < -0.39 is 5.91 Å². The Hall–Kier alpha value is -3.18. The zero-order valence-electron chi connectivity index (χ0n) is 12.1. The van der Waals surface area contributed by atoms with Crippen LogP contribution in [0.4, 0.5) is 0 Å². The lowest BCUT2D eigenvalue weighted by Crippen LogP contribution is -2.14. The summed E-state index contributed by atoms with van der Waals surface area (Å²) in [6.07, 6.45) is 2.75. The Balaban J connectivity index is 1.82. The third-order valence-electron chi connectivity index (χ3n) is 3.48. The van der Waals surface area contributed by atoms with Gasteiger partial charge < -0.3 is 4.98 Å². The molecular weight excluding hydrogens is 292 g/mol. The summed E-state index contributed by atoms with van der Waals surface area (Å²) in [4.78, 5) is 26.5. The van der Waals surface area contributed by atoms with E-state index in [4.69, 9.17) is 5.21 Å². The number of hydrogen-bond acceptors (Lipinski definition) is 3. The number of para-hydroxylation sites is 1. The Morgan fingerprint density at radius 1 is 1.04 bits per heavy atom. The molecule has 3 rings (SSSR count). The first-order valence-electron chi connectivity index (χ1n) is 7.02. The molecular formula is C18H14N2O3. The van der Waals surface area contributed by atoms with Gasteiger partial charge in [-0.25, -0.2) is 5.48 Å². The molecule has 0 aliphatic rings. The van der Waals surface area contributed by atoms with Crippen molar-refractivity contribution < 1.29 is 14.8 Å². The van der Waals surface area contributed by atoms with Gasteiger partial charge in [-0.05, 0) is 23.8 Å². The van der Waals surface area contributed by atoms with E-state index >= 15 is 0 Å². The second-order valence-electron chi connectivity index (χ2n) is 5.03. The van der Waals surface area contributed by atoms with Gasteiger partial charge in [-0.15, -0.1) is 0 Å². The molecule has 114 valence electrons. The normalized spacial score (nSPS) is 11.0. The molecule has 5 heteroatoms. The van der Waals surface area contributed by atoms with Crippen LogP contribution in [-0.4, -0.2) is 21.9 Å². The lowest BCUT2D eigenvalue weighted by atomic mass is 10.1. The second-order valence-corrected chi connectivity index (χ2v) is 5.03. The number of H-pyrrole nitrogens is 1. The first kappa shape index (κ1) is 14.7. The zero-order valence-corrected chi connectivity index (χ0v) is 12.1. The first-order valence-corrected chi connectivity index (χ1v) is 7.02. The van der Waals surface area contributed by atoms with Crippen molar-refractivity contribution in [2.45, 2.75) is 0 Å². The average Bonchev–Trinajstić information content (AvgIpc) is 3.03. The van der Waals surface area contributed by atoms with Crippen molar-refractivity contribution in [1.82, 2.24) is 10.5 Å². The number of nitrogens with one attached hydrogen (secondary N) is 2. The van der Waals surface area contributed by atoms with E-state index in [0.29, 0.717) is 11.3 Å². The maximum absolute atomic E-state index is 12.5. The molecule has 2 aromatic carbocycles. The van der Waals surface area contributed by atoms with E-state index in [-0.39, 0.29) is 5.78 Å². The minimum absolute atomic E-state index is 0.0927. The predicted octanol–water partition coefficient (Wildman–Crippen LogP) is 2.92. The second kappa shape index (κ2) is 6.29. The Bertz CT molecular complexity index is 859. The van der Waals surface area contributed by atoms with Gasteiger partial charge in [0.05, 0.1) is 5.69 Å². The molecule has 0 bridgehead atoms. The fraction of sp³-hybridized carbons (Fsp3) is 0. The highest BCUT2D eigenvalue weighted by Gasteiger charge is 2.11. The Kier molecular flexibility index (Phi) is 4.03. The Morgan fingerprint density at radius 3 is 2.48 bits per heavy atom.